The van der Waals surface area contributed by atoms with Gasteiger partial charge in [0.05, 0.1) is 0 Å². The fraction of sp³-hybridized carbons (Fsp3) is 0.250. The second kappa shape index (κ2) is 12.3. The summed E-state index contributed by atoms with van der Waals surface area (Å²) in [6.45, 7) is 18.7. The van der Waals surface area contributed by atoms with Crippen molar-refractivity contribution < 1.29 is 0 Å². The van der Waals surface area contributed by atoms with Crippen molar-refractivity contribution >= 4 is 5.69 Å². The van der Waals surface area contributed by atoms with Crippen LogP contribution in [0, 0.1) is 6.92 Å². The third kappa shape index (κ3) is 8.09. The zero-order valence-electron chi connectivity index (χ0n) is 11.6. The van der Waals surface area contributed by atoms with Crippen molar-refractivity contribution in [3.05, 3.63) is 68.0 Å². The maximum absolute atomic E-state index is 3.69. The van der Waals surface area contributed by atoms with Gasteiger partial charge in [-0.15, -0.1) is 6.58 Å². The summed E-state index contributed by atoms with van der Waals surface area (Å²) in [6.07, 6.45) is 5.22. The third-order valence-electron chi connectivity index (χ3n) is 1.73. The zero-order chi connectivity index (χ0) is 13.7. The Morgan fingerprint density at radius 3 is 1.59 bits per heavy atom. The molecule has 0 aliphatic heterocycles. The molecule has 0 heterocycles. The summed E-state index contributed by atoms with van der Waals surface area (Å²) < 4.78 is 0. The van der Waals surface area contributed by atoms with Gasteiger partial charge in [-0.1, -0.05) is 50.8 Å². The highest BCUT2D eigenvalue weighted by molar-refractivity contribution is 5.52. The molecule has 0 amide bonds. The Hall–Kier alpha value is -1.76. The fourth-order valence-electron chi connectivity index (χ4n) is 1.00. The molecule has 0 atom stereocenters. The van der Waals surface area contributed by atoms with Crippen molar-refractivity contribution in [3.63, 3.8) is 0 Å². The van der Waals surface area contributed by atoms with Crippen LogP contribution in [0.4, 0.5) is 5.69 Å². The van der Waals surface area contributed by atoms with Crippen LogP contribution < -0.4 is 4.90 Å². The molecule has 0 saturated heterocycles. The smallest absolute Gasteiger partial charge is 0.0449 e. The van der Waals surface area contributed by atoms with E-state index in [1.807, 2.05) is 37.8 Å². The SMILES string of the molecule is C=CC.C=CN(C=C)c1ccc(C)cc1.CC. The summed E-state index contributed by atoms with van der Waals surface area (Å²) >= 11 is 0. The number of hydrogen-bond acceptors (Lipinski definition) is 1. The molecule has 0 aliphatic rings. The number of allylic oxidation sites excluding steroid dienone is 1. The van der Waals surface area contributed by atoms with Gasteiger partial charge in [0.2, 0.25) is 0 Å². The Kier molecular flexibility index (Phi) is 12.8. The number of rotatable bonds is 3. The standard InChI is InChI=1S/C11H13N.C3H6.C2H6/c1-4-12(5-2)11-8-6-10(3)7-9-11;1-3-2;1-2/h4-9H,1-2H2,3H3;3H,1H2,2H3;1-2H3. The zero-order valence-corrected chi connectivity index (χ0v) is 11.6. The lowest BCUT2D eigenvalue weighted by molar-refractivity contribution is 1.29. The highest BCUT2D eigenvalue weighted by Gasteiger charge is 1.95. The Labute approximate surface area is 107 Å². The highest BCUT2D eigenvalue weighted by Crippen LogP contribution is 2.14. The van der Waals surface area contributed by atoms with Crippen LogP contribution in [0.25, 0.3) is 0 Å². The lowest BCUT2D eigenvalue weighted by Crippen LogP contribution is -2.04. The molecule has 1 aromatic rings. The van der Waals surface area contributed by atoms with Crippen molar-refractivity contribution in [1.82, 2.24) is 0 Å². The molecule has 0 aliphatic carbocycles. The van der Waals surface area contributed by atoms with E-state index < -0.39 is 0 Å². The molecule has 0 fully saturated rings. The van der Waals surface area contributed by atoms with E-state index in [1.165, 1.54) is 5.56 Å². The molecule has 1 heteroatoms. The molecule has 1 nitrogen and oxygen atoms in total. The van der Waals surface area contributed by atoms with Crippen molar-refractivity contribution in [2.75, 3.05) is 4.90 Å². The topological polar surface area (TPSA) is 3.24 Å². The van der Waals surface area contributed by atoms with Gasteiger partial charge in [0, 0.05) is 18.1 Å². The average molecular weight is 231 g/mol. The molecule has 1 rings (SSSR count). The molecule has 0 radical (unpaired) electrons. The summed E-state index contributed by atoms with van der Waals surface area (Å²) in [5.41, 5.74) is 2.34. The van der Waals surface area contributed by atoms with Crippen LogP contribution in [0.3, 0.4) is 0 Å². The van der Waals surface area contributed by atoms with Crippen LogP contribution in [-0.2, 0) is 0 Å². The van der Waals surface area contributed by atoms with E-state index in [-0.39, 0.29) is 0 Å². The summed E-state index contributed by atoms with van der Waals surface area (Å²) in [6, 6.07) is 8.21. The molecule has 0 aromatic heterocycles. The Morgan fingerprint density at radius 2 is 1.29 bits per heavy atom. The molecule has 0 unspecified atom stereocenters. The first-order chi connectivity index (χ1) is 8.19. The first kappa shape index (κ1) is 17.6. The van der Waals surface area contributed by atoms with E-state index in [2.05, 4.69) is 38.8 Å². The van der Waals surface area contributed by atoms with E-state index in [1.54, 1.807) is 18.5 Å². The molecule has 17 heavy (non-hydrogen) atoms. The normalized spacial score (nSPS) is 7.53. The molecule has 0 spiro atoms. The minimum Gasteiger partial charge on any atom is -0.325 e. The average Bonchev–Trinajstić information content (AvgIpc) is 2.36. The van der Waals surface area contributed by atoms with Crippen LogP contribution in [-0.4, -0.2) is 0 Å². The van der Waals surface area contributed by atoms with Crippen LogP contribution in [0.15, 0.2) is 62.5 Å². The Morgan fingerprint density at radius 1 is 0.941 bits per heavy atom. The number of aryl methyl sites for hydroxylation is 1. The van der Waals surface area contributed by atoms with Crippen LogP contribution >= 0.6 is 0 Å². The van der Waals surface area contributed by atoms with Gasteiger partial charge in [-0.3, -0.25) is 0 Å². The molecule has 0 saturated carbocycles. The molecule has 0 bridgehead atoms. The first-order valence-electron chi connectivity index (χ1n) is 5.86. The minimum absolute atomic E-state index is 1.09. The maximum Gasteiger partial charge on any atom is 0.0449 e. The summed E-state index contributed by atoms with van der Waals surface area (Å²) in [5.74, 6) is 0. The number of benzene rings is 1. The predicted molar refractivity (Wildman–Crippen MR) is 81.3 cm³/mol. The van der Waals surface area contributed by atoms with Gasteiger partial charge in [-0.25, -0.2) is 0 Å². The molecule has 1 aromatic carbocycles. The van der Waals surface area contributed by atoms with Gasteiger partial charge in [0.1, 0.15) is 0 Å². The number of hydrogen-bond donors (Lipinski definition) is 0. The largest absolute Gasteiger partial charge is 0.325 e. The first-order valence-corrected chi connectivity index (χ1v) is 5.86. The minimum atomic E-state index is 1.09. The lowest BCUT2D eigenvalue weighted by atomic mass is 10.2. The van der Waals surface area contributed by atoms with Gasteiger partial charge in [0.25, 0.3) is 0 Å². The van der Waals surface area contributed by atoms with Crippen LogP contribution in [0.2, 0.25) is 0 Å². The molecule has 0 N–H and O–H groups in total. The second-order valence-electron chi connectivity index (χ2n) is 3.02. The van der Waals surface area contributed by atoms with E-state index in [0.717, 1.165) is 5.69 Å². The Balaban J connectivity index is 0. The van der Waals surface area contributed by atoms with E-state index >= 15 is 0 Å². The molecule has 94 valence electrons. The van der Waals surface area contributed by atoms with E-state index in [0.29, 0.717) is 0 Å². The quantitative estimate of drug-likeness (QED) is 0.637. The van der Waals surface area contributed by atoms with E-state index in [9.17, 15) is 0 Å². The van der Waals surface area contributed by atoms with Crippen molar-refractivity contribution in [1.29, 1.82) is 0 Å². The summed E-state index contributed by atoms with van der Waals surface area (Å²) in [7, 11) is 0. The van der Waals surface area contributed by atoms with Gasteiger partial charge in [-0.05, 0) is 26.0 Å². The fourth-order valence-corrected chi connectivity index (χ4v) is 1.00. The van der Waals surface area contributed by atoms with Gasteiger partial charge in [0.15, 0.2) is 0 Å². The van der Waals surface area contributed by atoms with Crippen molar-refractivity contribution in [3.8, 4) is 0 Å². The third-order valence-corrected chi connectivity index (χ3v) is 1.73. The number of anilines is 1. The second-order valence-corrected chi connectivity index (χ2v) is 3.02. The van der Waals surface area contributed by atoms with Crippen LogP contribution in [0.5, 0.6) is 0 Å². The lowest BCUT2D eigenvalue weighted by Gasteiger charge is -2.13. The molecular formula is C16H25N. The summed E-state index contributed by atoms with van der Waals surface area (Å²) in [4.78, 5) is 1.87. The molecular weight excluding hydrogens is 206 g/mol. The number of nitrogens with zero attached hydrogens (tertiary/aromatic N) is 1. The highest BCUT2D eigenvalue weighted by atomic mass is 15.1. The Bertz CT molecular complexity index is 301. The van der Waals surface area contributed by atoms with Gasteiger partial charge < -0.3 is 4.90 Å². The van der Waals surface area contributed by atoms with Crippen molar-refractivity contribution in [2.45, 2.75) is 27.7 Å². The maximum atomic E-state index is 3.69. The monoisotopic (exact) mass is 231 g/mol. The van der Waals surface area contributed by atoms with Gasteiger partial charge in [-0.2, -0.15) is 0 Å². The van der Waals surface area contributed by atoms with Gasteiger partial charge >= 0.3 is 0 Å². The van der Waals surface area contributed by atoms with E-state index in [4.69, 9.17) is 0 Å². The predicted octanol–water partition coefficient (Wildman–Crippen LogP) is 5.31. The summed E-state index contributed by atoms with van der Waals surface area (Å²) in [5, 5.41) is 0. The van der Waals surface area contributed by atoms with Crippen molar-refractivity contribution in [2.24, 2.45) is 0 Å². The van der Waals surface area contributed by atoms with Crippen LogP contribution in [0.1, 0.15) is 26.3 Å².